The Balaban J connectivity index is 4.21. The van der Waals surface area contributed by atoms with E-state index in [1.807, 2.05) is 0 Å². The Bertz CT molecular complexity index is 335. The number of nitrogens with one attached hydrogen (secondary N) is 2. The van der Waals surface area contributed by atoms with Gasteiger partial charge in [0.25, 0.3) is 0 Å². The maximum Gasteiger partial charge on any atom is 0.325 e. The predicted octanol–water partition coefficient (Wildman–Crippen LogP) is -1.85. The van der Waals surface area contributed by atoms with Crippen molar-refractivity contribution >= 4 is 17.8 Å². The summed E-state index contributed by atoms with van der Waals surface area (Å²) in [6.07, 6.45) is 1.05. The van der Waals surface area contributed by atoms with Gasteiger partial charge in [-0.1, -0.05) is 0 Å². The van der Waals surface area contributed by atoms with Gasteiger partial charge in [-0.2, -0.15) is 0 Å². The van der Waals surface area contributed by atoms with Gasteiger partial charge in [0.05, 0.1) is 6.04 Å². The van der Waals surface area contributed by atoms with E-state index < -0.39 is 35.9 Å². The summed E-state index contributed by atoms with van der Waals surface area (Å²) in [6, 6.07) is -2.59. The van der Waals surface area contributed by atoms with Crippen molar-refractivity contribution in [3.05, 3.63) is 0 Å². The van der Waals surface area contributed by atoms with Gasteiger partial charge in [-0.05, 0) is 33.2 Å². The first-order valence-corrected chi connectivity index (χ1v) is 6.08. The molecular weight excluding hydrogens is 252 g/mol. The Morgan fingerprint density at radius 1 is 1.11 bits per heavy atom. The minimum Gasteiger partial charge on any atom is -0.480 e. The minimum atomic E-state index is -1.15. The first-order valence-electron chi connectivity index (χ1n) is 6.08. The largest absolute Gasteiger partial charge is 0.480 e. The second-order valence-corrected chi connectivity index (χ2v) is 4.34. The summed E-state index contributed by atoms with van der Waals surface area (Å²) in [7, 11) is 0. The van der Waals surface area contributed by atoms with E-state index in [9.17, 15) is 14.4 Å². The van der Waals surface area contributed by atoms with Gasteiger partial charge < -0.3 is 27.2 Å². The molecule has 0 aliphatic heterocycles. The van der Waals surface area contributed by atoms with Gasteiger partial charge in [0, 0.05) is 0 Å². The molecule has 0 aromatic rings. The molecule has 0 fully saturated rings. The minimum absolute atomic E-state index is 0.433. The van der Waals surface area contributed by atoms with E-state index in [4.69, 9.17) is 16.6 Å². The van der Waals surface area contributed by atoms with Crippen LogP contribution >= 0.6 is 0 Å². The Kier molecular flexibility index (Phi) is 7.69. The molecule has 0 aromatic heterocycles. The van der Waals surface area contributed by atoms with Crippen molar-refractivity contribution in [2.75, 3.05) is 6.54 Å². The van der Waals surface area contributed by atoms with E-state index in [1.165, 1.54) is 13.8 Å². The molecule has 0 aromatic carbocycles. The molecule has 0 rings (SSSR count). The van der Waals surface area contributed by atoms with Crippen LogP contribution in [0.15, 0.2) is 0 Å². The van der Waals surface area contributed by atoms with Crippen molar-refractivity contribution < 1.29 is 19.5 Å². The SMILES string of the molecule is C[C@@H](NC(=O)[C@@H](C)NC(=O)[C@@H](N)CCCN)C(=O)O. The molecule has 0 heterocycles. The molecule has 3 atom stereocenters. The van der Waals surface area contributed by atoms with Crippen molar-refractivity contribution in [3.63, 3.8) is 0 Å². The van der Waals surface area contributed by atoms with Crippen molar-refractivity contribution in [3.8, 4) is 0 Å². The van der Waals surface area contributed by atoms with Crippen molar-refractivity contribution in [2.24, 2.45) is 11.5 Å². The average Bonchev–Trinajstić information content (AvgIpc) is 2.35. The zero-order valence-electron chi connectivity index (χ0n) is 11.2. The molecule has 0 aliphatic carbocycles. The van der Waals surface area contributed by atoms with Crippen LogP contribution < -0.4 is 22.1 Å². The molecule has 0 saturated carbocycles. The topological polar surface area (TPSA) is 148 Å². The molecular formula is C11H22N4O4. The van der Waals surface area contributed by atoms with E-state index in [2.05, 4.69) is 10.6 Å². The molecule has 8 nitrogen and oxygen atoms in total. The van der Waals surface area contributed by atoms with Crippen molar-refractivity contribution in [1.29, 1.82) is 0 Å². The molecule has 0 spiro atoms. The molecule has 2 amide bonds. The number of carboxylic acids is 1. The van der Waals surface area contributed by atoms with Gasteiger partial charge in [0.2, 0.25) is 11.8 Å². The van der Waals surface area contributed by atoms with Crippen LogP contribution in [0.1, 0.15) is 26.7 Å². The summed E-state index contributed by atoms with van der Waals surface area (Å²) in [5, 5.41) is 13.3. The summed E-state index contributed by atoms with van der Waals surface area (Å²) in [4.78, 5) is 33.8. The molecule has 0 unspecified atom stereocenters. The highest BCUT2D eigenvalue weighted by atomic mass is 16.4. The fourth-order valence-electron chi connectivity index (χ4n) is 1.25. The number of carbonyl (C=O) groups excluding carboxylic acids is 2. The molecule has 19 heavy (non-hydrogen) atoms. The number of amides is 2. The van der Waals surface area contributed by atoms with Crippen LogP contribution in [0.4, 0.5) is 0 Å². The third kappa shape index (κ3) is 6.73. The standard InChI is InChI=1S/C11H22N4O4/c1-6(9(16)15-7(2)11(18)19)14-10(17)8(13)4-3-5-12/h6-8H,3-5,12-13H2,1-2H3,(H,14,17)(H,15,16)(H,18,19)/t6-,7-,8+/m1/s1. The Morgan fingerprint density at radius 2 is 1.63 bits per heavy atom. The van der Waals surface area contributed by atoms with Gasteiger partial charge in [0.15, 0.2) is 0 Å². The number of hydrogen-bond acceptors (Lipinski definition) is 5. The summed E-state index contributed by atoms with van der Waals surface area (Å²) in [6.45, 7) is 3.23. The van der Waals surface area contributed by atoms with Crippen LogP contribution in [0.25, 0.3) is 0 Å². The molecule has 7 N–H and O–H groups in total. The van der Waals surface area contributed by atoms with Crippen LogP contribution in [0.3, 0.4) is 0 Å². The number of aliphatic carboxylic acids is 1. The first kappa shape index (κ1) is 17.3. The lowest BCUT2D eigenvalue weighted by Crippen LogP contribution is -2.52. The van der Waals surface area contributed by atoms with Crippen molar-refractivity contribution in [2.45, 2.75) is 44.8 Å². The number of nitrogens with two attached hydrogens (primary N) is 2. The fourth-order valence-corrected chi connectivity index (χ4v) is 1.25. The number of rotatable bonds is 8. The lowest BCUT2D eigenvalue weighted by molar-refractivity contribution is -0.141. The highest BCUT2D eigenvalue weighted by Gasteiger charge is 2.22. The van der Waals surface area contributed by atoms with Gasteiger partial charge in [-0.3, -0.25) is 14.4 Å². The van der Waals surface area contributed by atoms with Crippen LogP contribution in [0.5, 0.6) is 0 Å². The zero-order valence-corrected chi connectivity index (χ0v) is 11.2. The zero-order chi connectivity index (χ0) is 15.0. The van der Waals surface area contributed by atoms with E-state index in [-0.39, 0.29) is 0 Å². The van der Waals surface area contributed by atoms with Gasteiger partial charge in [-0.25, -0.2) is 0 Å². The average molecular weight is 274 g/mol. The first-order chi connectivity index (χ1) is 8.79. The third-order valence-electron chi connectivity index (χ3n) is 2.54. The lowest BCUT2D eigenvalue weighted by atomic mass is 10.1. The van der Waals surface area contributed by atoms with Crippen LogP contribution in [-0.2, 0) is 14.4 Å². The van der Waals surface area contributed by atoms with Crippen molar-refractivity contribution in [1.82, 2.24) is 10.6 Å². The van der Waals surface area contributed by atoms with Gasteiger partial charge in [-0.15, -0.1) is 0 Å². The monoisotopic (exact) mass is 274 g/mol. The highest BCUT2D eigenvalue weighted by molar-refractivity contribution is 5.91. The second-order valence-electron chi connectivity index (χ2n) is 4.34. The third-order valence-corrected chi connectivity index (χ3v) is 2.54. The van der Waals surface area contributed by atoms with Gasteiger partial charge >= 0.3 is 5.97 Å². The predicted molar refractivity (Wildman–Crippen MR) is 69.1 cm³/mol. The Labute approximate surface area is 111 Å². The summed E-state index contributed by atoms with van der Waals surface area (Å²) in [5.74, 6) is -2.18. The Morgan fingerprint density at radius 3 is 2.11 bits per heavy atom. The summed E-state index contributed by atoms with van der Waals surface area (Å²) >= 11 is 0. The van der Waals surface area contributed by atoms with Gasteiger partial charge in [0.1, 0.15) is 12.1 Å². The number of hydrogen-bond donors (Lipinski definition) is 5. The smallest absolute Gasteiger partial charge is 0.325 e. The maximum atomic E-state index is 11.6. The van der Waals surface area contributed by atoms with Crippen LogP contribution in [-0.4, -0.2) is 47.6 Å². The molecule has 8 heteroatoms. The normalized spacial score (nSPS) is 15.2. The second kappa shape index (κ2) is 8.44. The quantitative estimate of drug-likeness (QED) is 0.351. The van der Waals surface area contributed by atoms with Crippen LogP contribution in [0, 0.1) is 0 Å². The van der Waals surface area contributed by atoms with E-state index in [0.717, 1.165) is 0 Å². The Hall–Kier alpha value is -1.67. The number of carbonyl (C=O) groups is 3. The van der Waals surface area contributed by atoms with Crippen LogP contribution in [0.2, 0.25) is 0 Å². The maximum absolute atomic E-state index is 11.6. The summed E-state index contributed by atoms with van der Waals surface area (Å²) < 4.78 is 0. The van der Waals surface area contributed by atoms with E-state index in [0.29, 0.717) is 19.4 Å². The lowest BCUT2D eigenvalue weighted by Gasteiger charge is -2.18. The highest BCUT2D eigenvalue weighted by Crippen LogP contribution is 1.95. The molecule has 0 saturated heterocycles. The molecule has 0 aliphatic rings. The molecule has 110 valence electrons. The van der Waals surface area contributed by atoms with E-state index in [1.54, 1.807) is 0 Å². The molecule has 0 radical (unpaired) electrons. The van der Waals surface area contributed by atoms with E-state index >= 15 is 0 Å². The fraction of sp³-hybridized carbons (Fsp3) is 0.727. The summed E-state index contributed by atoms with van der Waals surface area (Å²) in [5.41, 5.74) is 10.9. The number of carboxylic acid groups (broad SMARTS) is 1. The molecule has 0 bridgehead atoms.